The molecule has 1 atom stereocenters. The van der Waals surface area contributed by atoms with Gasteiger partial charge in [0.15, 0.2) is 0 Å². The highest BCUT2D eigenvalue weighted by Gasteiger charge is 2.21. The standard InChI is InChI=1S/C27H21F2NO4/c28-22-10-8-21(24(29)15-22)16-34-23-11-9-18-13-20(7-6-19(18)14-23)26(31)30-25(27(32)33)12-17-4-2-1-3-5-17/h1-11,13-15,25H,12,16H2,(H,30,31)(H,32,33). The van der Waals surface area contributed by atoms with Crippen molar-refractivity contribution in [2.45, 2.75) is 19.1 Å². The Morgan fingerprint density at radius 2 is 1.62 bits per heavy atom. The van der Waals surface area contributed by atoms with Crippen molar-refractivity contribution in [3.8, 4) is 5.75 Å². The minimum absolute atomic E-state index is 0.0594. The molecule has 0 spiro atoms. The van der Waals surface area contributed by atoms with E-state index in [1.807, 2.05) is 30.3 Å². The van der Waals surface area contributed by atoms with Crippen LogP contribution in [-0.2, 0) is 17.8 Å². The zero-order chi connectivity index (χ0) is 24.1. The number of hydrogen-bond acceptors (Lipinski definition) is 3. The summed E-state index contributed by atoms with van der Waals surface area (Å²) < 4.78 is 32.5. The van der Waals surface area contributed by atoms with Crippen LogP contribution in [0.4, 0.5) is 8.78 Å². The van der Waals surface area contributed by atoms with E-state index in [-0.39, 0.29) is 18.6 Å². The number of benzene rings is 4. The molecule has 0 bridgehead atoms. The Morgan fingerprint density at radius 1 is 0.882 bits per heavy atom. The Balaban J connectivity index is 1.45. The van der Waals surface area contributed by atoms with Crippen molar-refractivity contribution in [2.75, 3.05) is 0 Å². The van der Waals surface area contributed by atoms with Gasteiger partial charge < -0.3 is 15.2 Å². The number of aliphatic carboxylic acids is 1. The molecule has 2 N–H and O–H groups in total. The van der Waals surface area contributed by atoms with Crippen LogP contribution in [0, 0.1) is 11.6 Å². The Morgan fingerprint density at radius 3 is 2.35 bits per heavy atom. The minimum atomic E-state index is -1.11. The van der Waals surface area contributed by atoms with Gasteiger partial charge in [-0.2, -0.15) is 0 Å². The first kappa shape index (κ1) is 22.9. The average molecular weight is 461 g/mol. The van der Waals surface area contributed by atoms with Gasteiger partial charge in [-0.15, -0.1) is 0 Å². The molecule has 0 saturated heterocycles. The molecule has 0 aliphatic rings. The van der Waals surface area contributed by atoms with E-state index >= 15 is 0 Å². The fourth-order valence-corrected chi connectivity index (χ4v) is 3.55. The summed E-state index contributed by atoms with van der Waals surface area (Å²) in [6, 6.07) is 21.5. The van der Waals surface area contributed by atoms with Crippen LogP contribution in [0.2, 0.25) is 0 Å². The van der Waals surface area contributed by atoms with Crippen molar-refractivity contribution in [2.24, 2.45) is 0 Å². The summed E-state index contributed by atoms with van der Waals surface area (Å²) in [6.07, 6.45) is 0.171. The number of rotatable bonds is 8. The number of fused-ring (bicyclic) bond motifs is 1. The van der Waals surface area contributed by atoms with Gasteiger partial charge in [-0.3, -0.25) is 4.79 Å². The number of carbonyl (C=O) groups is 2. The van der Waals surface area contributed by atoms with Gasteiger partial charge in [0.05, 0.1) is 0 Å². The van der Waals surface area contributed by atoms with E-state index in [1.165, 1.54) is 12.1 Å². The predicted molar refractivity (Wildman–Crippen MR) is 124 cm³/mol. The summed E-state index contributed by atoms with van der Waals surface area (Å²) in [5.41, 5.74) is 1.37. The van der Waals surface area contributed by atoms with Crippen LogP contribution in [-0.4, -0.2) is 23.0 Å². The van der Waals surface area contributed by atoms with Gasteiger partial charge >= 0.3 is 5.97 Å². The number of amides is 1. The van der Waals surface area contributed by atoms with Crippen LogP contribution in [0.3, 0.4) is 0 Å². The van der Waals surface area contributed by atoms with Gasteiger partial charge in [0.25, 0.3) is 5.91 Å². The maximum Gasteiger partial charge on any atom is 0.326 e. The lowest BCUT2D eigenvalue weighted by molar-refractivity contribution is -0.139. The van der Waals surface area contributed by atoms with Crippen molar-refractivity contribution in [1.82, 2.24) is 5.32 Å². The monoisotopic (exact) mass is 461 g/mol. The van der Waals surface area contributed by atoms with Gasteiger partial charge in [-0.1, -0.05) is 42.5 Å². The summed E-state index contributed by atoms with van der Waals surface area (Å²) in [5, 5.41) is 13.6. The second-order valence-electron chi connectivity index (χ2n) is 7.80. The van der Waals surface area contributed by atoms with Crippen molar-refractivity contribution < 1.29 is 28.2 Å². The van der Waals surface area contributed by atoms with E-state index in [1.54, 1.807) is 36.4 Å². The van der Waals surface area contributed by atoms with Crippen molar-refractivity contribution in [3.05, 3.63) is 113 Å². The largest absolute Gasteiger partial charge is 0.489 e. The molecule has 0 radical (unpaired) electrons. The van der Waals surface area contributed by atoms with Gasteiger partial charge in [-0.25, -0.2) is 13.6 Å². The van der Waals surface area contributed by atoms with Crippen LogP contribution < -0.4 is 10.1 Å². The molecule has 4 aromatic rings. The van der Waals surface area contributed by atoms with Gasteiger partial charge in [0.2, 0.25) is 0 Å². The Hall–Kier alpha value is -4.26. The van der Waals surface area contributed by atoms with E-state index in [0.717, 1.165) is 22.4 Å². The molecule has 0 heterocycles. The molecule has 172 valence electrons. The normalized spacial score (nSPS) is 11.7. The summed E-state index contributed by atoms with van der Waals surface area (Å²) in [6.45, 7) is -0.0594. The molecule has 4 rings (SSSR count). The molecule has 34 heavy (non-hydrogen) atoms. The lowest BCUT2D eigenvalue weighted by atomic mass is 10.0. The topological polar surface area (TPSA) is 75.6 Å². The number of carbonyl (C=O) groups excluding carboxylic acids is 1. The zero-order valence-electron chi connectivity index (χ0n) is 18.0. The fourth-order valence-electron chi connectivity index (χ4n) is 3.55. The van der Waals surface area contributed by atoms with Gasteiger partial charge in [-0.05, 0) is 52.7 Å². The highest BCUT2D eigenvalue weighted by Crippen LogP contribution is 2.23. The Kier molecular flexibility index (Phi) is 6.82. The summed E-state index contributed by atoms with van der Waals surface area (Å²) >= 11 is 0. The molecule has 5 nitrogen and oxygen atoms in total. The third-order valence-electron chi connectivity index (χ3n) is 5.37. The molecule has 0 aromatic heterocycles. The zero-order valence-corrected chi connectivity index (χ0v) is 18.0. The van der Waals surface area contributed by atoms with Crippen molar-refractivity contribution >= 4 is 22.6 Å². The lowest BCUT2D eigenvalue weighted by Crippen LogP contribution is -2.42. The molecule has 4 aromatic carbocycles. The van der Waals surface area contributed by atoms with Crippen LogP contribution in [0.1, 0.15) is 21.5 Å². The number of hydrogen-bond donors (Lipinski definition) is 2. The van der Waals surface area contributed by atoms with Crippen LogP contribution >= 0.6 is 0 Å². The first-order valence-electron chi connectivity index (χ1n) is 10.6. The molecule has 0 aliphatic carbocycles. The smallest absolute Gasteiger partial charge is 0.326 e. The van der Waals surface area contributed by atoms with Crippen LogP contribution in [0.15, 0.2) is 84.9 Å². The van der Waals surface area contributed by atoms with Crippen molar-refractivity contribution in [1.29, 1.82) is 0 Å². The number of carboxylic acid groups (broad SMARTS) is 1. The van der Waals surface area contributed by atoms with Crippen LogP contribution in [0.25, 0.3) is 10.8 Å². The molecular weight excluding hydrogens is 440 g/mol. The average Bonchev–Trinajstić information content (AvgIpc) is 2.83. The second-order valence-corrected chi connectivity index (χ2v) is 7.80. The maximum atomic E-state index is 13.8. The Bertz CT molecular complexity index is 1340. The first-order chi connectivity index (χ1) is 16.4. The highest BCUT2D eigenvalue weighted by atomic mass is 19.1. The maximum absolute atomic E-state index is 13.8. The second kappa shape index (κ2) is 10.1. The summed E-state index contributed by atoms with van der Waals surface area (Å²) in [7, 11) is 0. The molecule has 1 unspecified atom stereocenters. The SMILES string of the molecule is O=C(NC(Cc1ccccc1)C(=O)O)c1ccc2cc(OCc3ccc(F)cc3F)ccc2c1. The van der Waals surface area contributed by atoms with E-state index in [9.17, 15) is 23.5 Å². The molecule has 0 fully saturated rings. The van der Waals surface area contributed by atoms with Crippen LogP contribution in [0.5, 0.6) is 5.75 Å². The summed E-state index contributed by atoms with van der Waals surface area (Å²) in [4.78, 5) is 24.4. The fraction of sp³-hybridized carbons (Fsp3) is 0.111. The van der Waals surface area contributed by atoms with Crippen molar-refractivity contribution in [3.63, 3.8) is 0 Å². The lowest BCUT2D eigenvalue weighted by Gasteiger charge is -2.15. The molecule has 1 amide bonds. The molecule has 0 saturated carbocycles. The molecule has 7 heteroatoms. The predicted octanol–water partition coefficient (Wildman–Crippen LogP) is 5.12. The van der Waals surface area contributed by atoms with Gasteiger partial charge in [0, 0.05) is 23.6 Å². The number of ether oxygens (including phenoxy) is 1. The number of nitrogens with one attached hydrogen (secondary N) is 1. The Labute approximate surface area is 194 Å². The summed E-state index contributed by atoms with van der Waals surface area (Å²) in [5.74, 6) is -2.44. The van der Waals surface area contributed by atoms with E-state index < -0.39 is 29.6 Å². The number of carboxylic acids is 1. The molecular formula is C27H21F2NO4. The van der Waals surface area contributed by atoms with Gasteiger partial charge in [0.1, 0.15) is 30.0 Å². The highest BCUT2D eigenvalue weighted by molar-refractivity contribution is 6.00. The van der Waals surface area contributed by atoms with E-state index in [0.29, 0.717) is 11.3 Å². The minimum Gasteiger partial charge on any atom is -0.489 e. The quantitative estimate of drug-likeness (QED) is 0.382. The van der Waals surface area contributed by atoms with E-state index in [4.69, 9.17) is 4.74 Å². The van der Waals surface area contributed by atoms with E-state index in [2.05, 4.69) is 5.32 Å². The number of halogens is 2. The third kappa shape index (κ3) is 5.56. The molecule has 0 aliphatic heterocycles. The third-order valence-corrected chi connectivity index (χ3v) is 5.37. The first-order valence-corrected chi connectivity index (χ1v) is 10.6.